The summed E-state index contributed by atoms with van der Waals surface area (Å²) in [5, 5.41) is 8.60. The Morgan fingerprint density at radius 3 is 2.81 bits per heavy atom. The van der Waals surface area contributed by atoms with Crippen LogP contribution in [0.3, 0.4) is 0 Å². The molecule has 3 atom stereocenters. The minimum Gasteiger partial charge on any atom is -0.464 e. The molecule has 7 heteroatoms. The fraction of sp³-hybridized carbons (Fsp3) is 0.600. The van der Waals surface area contributed by atoms with E-state index in [0.29, 0.717) is 22.6 Å². The highest BCUT2D eigenvalue weighted by atomic mass is 19.1. The third-order valence-electron chi connectivity index (χ3n) is 6.89. The fourth-order valence-electron chi connectivity index (χ4n) is 5.06. The molecule has 0 saturated heterocycles. The molecule has 6 nitrogen and oxygen atoms in total. The number of aromatic nitrogens is 4. The summed E-state index contributed by atoms with van der Waals surface area (Å²) < 4.78 is 20.2. The zero-order valence-corrected chi connectivity index (χ0v) is 16.2. The Morgan fingerprint density at radius 2 is 2.15 bits per heavy atom. The third-order valence-corrected chi connectivity index (χ3v) is 6.89. The van der Waals surface area contributed by atoms with E-state index in [2.05, 4.69) is 29.1 Å². The van der Waals surface area contributed by atoms with Crippen LogP contribution in [0.15, 0.2) is 12.1 Å². The zero-order valence-electron chi connectivity index (χ0n) is 16.2. The Labute approximate surface area is 158 Å². The Morgan fingerprint density at radius 1 is 1.37 bits per heavy atom. The molecule has 27 heavy (non-hydrogen) atoms. The number of esters is 1. The second-order valence-corrected chi connectivity index (χ2v) is 8.43. The highest BCUT2D eigenvalue weighted by molar-refractivity contribution is 5.94. The average molecular weight is 372 g/mol. The minimum absolute atomic E-state index is 0.0757. The number of fused-ring (bicyclic) bond motifs is 2. The number of rotatable bonds is 4. The van der Waals surface area contributed by atoms with E-state index in [0.717, 1.165) is 24.1 Å². The van der Waals surface area contributed by atoms with Crippen LogP contribution in [0, 0.1) is 36.0 Å². The minimum atomic E-state index is -0.729. The Bertz CT molecular complexity index is 890. The molecule has 3 aliphatic carbocycles. The summed E-state index contributed by atoms with van der Waals surface area (Å²) in [7, 11) is 1.25. The first-order valence-electron chi connectivity index (χ1n) is 9.48. The van der Waals surface area contributed by atoms with E-state index in [-0.39, 0.29) is 5.69 Å². The molecule has 2 aromatic heterocycles. The molecule has 3 aliphatic rings. The summed E-state index contributed by atoms with van der Waals surface area (Å²) in [4.78, 5) is 15.7. The molecule has 3 saturated carbocycles. The molecule has 144 valence electrons. The summed E-state index contributed by atoms with van der Waals surface area (Å²) in [5.74, 6) is 0.756. The van der Waals surface area contributed by atoms with Gasteiger partial charge < -0.3 is 4.74 Å². The molecule has 0 aliphatic heterocycles. The summed E-state index contributed by atoms with van der Waals surface area (Å²) in [6, 6.07) is 2.73. The SMILES string of the molecule is COC(=O)c1nc(F)ccc1-c1nnn(C[C@@H]2CC[C@H]3C[C@@H]2C3(C)C)c1C. The van der Waals surface area contributed by atoms with Crippen LogP contribution in [0.2, 0.25) is 0 Å². The first kappa shape index (κ1) is 18.1. The number of carbonyl (C=O) groups is 1. The van der Waals surface area contributed by atoms with Gasteiger partial charge in [-0.15, -0.1) is 5.10 Å². The highest BCUT2D eigenvalue weighted by Gasteiger charge is 2.54. The zero-order chi connectivity index (χ0) is 19.3. The number of ether oxygens (including phenoxy) is 1. The Hall–Kier alpha value is -2.31. The smallest absolute Gasteiger partial charge is 0.357 e. The first-order valence-corrected chi connectivity index (χ1v) is 9.48. The van der Waals surface area contributed by atoms with E-state index in [9.17, 15) is 9.18 Å². The van der Waals surface area contributed by atoms with Gasteiger partial charge in [0.25, 0.3) is 0 Å². The van der Waals surface area contributed by atoms with E-state index in [1.54, 1.807) is 0 Å². The lowest BCUT2D eigenvalue weighted by Crippen LogP contribution is -2.53. The van der Waals surface area contributed by atoms with Crippen molar-refractivity contribution in [3.8, 4) is 11.3 Å². The van der Waals surface area contributed by atoms with Gasteiger partial charge >= 0.3 is 5.97 Å². The van der Waals surface area contributed by atoms with Gasteiger partial charge in [0.2, 0.25) is 5.95 Å². The van der Waals surface area contributed by atoms with E-state index < -0.39 is 11.9 Å². The summed E-state index contributed by atoms with van der Waals surface area (Å²) in [6.45, 7) is 7.51. The van der Waals surface area contributed by atoms with Crippen LogP contribution >= 0.6 is 0 Å². The van der Waals surface area contributed by atoms with Crippen molar-refractivity contribution >= 4 is 5.97 Å². The number of methoxy groups -OCH3 is 1. The summed E-state index contributed by atoms with van der Waals surface area (Å²) >= 11 is 0. The molecule has 2 bridgehead atoms. The van der Waals surface area contributed by atoms with Gasteiger partial charge in [0.1, 0.15) is 5.69 Å². The van der Waals surface area contributed by atoms with Crippen molar-refractivity contribution < 1.29 is 13.9 Å². The maximum Gasteiger partial charge on any atom is 0.357 e. The molecule has 3 fully saturated rings. The lowest BCUT2D eigenvalue weighted by Gasteiger charge is -2.60. The second kappa shape index (κ2) is 6.39. The van der Waals surface area contributed by atoms with Crippen molar-refractivity contribution in [1.29, 1.82) is 0 Å². The van der Waals surface area contributed by atoms with Crippen LogP contribution in [0.4, 0.5) is 4.39 Å². The lowest BCUT2D eigenvalue weighted by molar-refractivity contribution is -0.109. The number of hydrogen-bond donors (Lipinski definition) is 0. The number of hydrogen-bond acceptors (Lipinski definition) is 5. The largest absolute Gasteiger partial charge is 0.464 e. The number of nitrogens with zero attached hydrogens (tertiary/aromatic N) is 4. The molecular formula is C20H25FN4O2. The Kier molecular flexibility index (Phi) is 4.28. The molecule has 0 N–H and O–H groups in total. The number of carbonyl (C=O) groups excluding carboxylic acids is 1. The molecule has 0 spiro atoms. The van der Waals surface area contributed by atoms with Crippen LogP contribution in [0.1, 0.15) is 49.3 Å². The van der Waals surface area contributed by atoms with Crippen molar-refractivity contribution in [1.82, 2.24) is 20.0 Å². The van der Waals surface area contributed by atoms with Gasteiger partial charge in [-0.05, 0) is 61.5 Å². The second-order valence-electron chi connectivity index (χ2n) is 8.43. The fourth-order valence-corrected chi connectivity index (χ4v) is 5.06. The van der Waals surface area contributed by atoms with Crippen molar-refractivity contribution in [2.45, 2.75) is 46.6 Å². The maximum atomic E-state index is 13.5. The summed E-state index contributed by atoms with van der Waals surface area (Å²) in [6.07, 6.45) is 3.81. The molecule has 0 radical (unpaired) electrons. The standard InChI is InChI=1S/C20H25FN4O2/c1-11-17(14-7-8-16(21)22-18(14)19(26)27-4)23-24-25(11)10-12-5-6-13-9-15(12)20(13,2)3/h7-8,12-13,15H,5-6,9-10H2,1-4H3/t12-,13-,15-/m0/s1. The predicted octanol–water partition coefficient (Wildman–Crippen LogP) is 3.65. The first-order chi connectivity index (χ1) is 12.8. The average Bonchev–Trinajstić information content (AvgIpc) is 3.01. The highest BCUT2D eigenvalue weighted by Crippen LogP contribution is 2.61. The Balaban J connectivity index is 1.63. The lowest BCUT2D eigenvalue weighted by atomic mass is 9.45. The molecule has 5 rings (SSSR count). The van der Waals surface area contributed by atoms with Crippen molar-refractivity contribution in [3.63, 3.8) is 0 Å². The normalized spacial score (nSPS) is 25.7. The monoisotopic (exact) mass is 372 g/mol. The van der Waals surface area contributed by atoms with Gasteiger partial charge in [-0.1, -0.05) is 19.1 Å². The van der Waals surface area contributed by atoms with Gasteiger partial charge in [-0.25, -0.2) is 14.5 Å². The molecular weight excluding hydrogens is 347 g/mol. The van der Waals surface area contributed by atoms with Crippen LogP contribution in [-0.2, 0) is 11.3 Å². The molecule has 0 unspecified atom stereocenters. The van der Waals surface area contributed by atoms with Crippen LogP contribution in [0.25, 0.3) is 11.3 Å². The van der Waals surface area contributed by atoms with E-state index >= 15 is 0 Å². The van der Waals surface area contributed by atoms with Gasteiger partial charge in [-0.2, -0.15) is 4.39 Å². The van der Waals surface area contributed by atoms with E-state index in [1.165, 1.54) is 38.5 Å². The third kappa shape index (κ3) is 2.84. The quantitative estimate of drug-likeness (QED) is 0.605. The molecule has 0 amide bonds. The van der Waals surface area contributed by atoms with Crippen LogP contribution in [0.5, 0.6) is 0 Å². The molecule has 0 aromatic carbocycles. The van der Waals surface area contributed by atoms with Gasteiger partial charge in [0, 0.05) is 12.1 Å². The van der Waals surface area contributed by atoms with Gasteiger partial charge in [0.15, 0.2) is 5.69 Å². The van der Waals surface area contributed by atoms with E-state index in [4.69, 9.17) is 4.74 Å². The van der Waals surface area contributed by atoms with Gasteiger partial charge in [-0.3, -0.25) is 0 Å². The van der Waals surface area contributed by atoms with Crippen LogP contribution in [-0.4, -0.2) is 33.1 Å². The van der Waals surface area contributed by atoms with Crippen LogP contribution < -0.4 is 0 Å². The van der Waals surface area contributed by atoms with Crippen molar-refractivity contribution in [3.05, 3.63) is 29.5 Å². The number of halogens is 1. The topological polar surface area (TPSA) is 69.9 Å². The number of pyridine rings is 1. The molecule has 2 heterocycles. The van der Waals surface area contributed by atoms with E-state index in [1.807, 2.05) is 11.6 Å². The van der Waals surface area contributed by atoms with Gasteiger partial charge in [0.05, 0.1) is 12.8 Å². The van der Waals surface area contributed by atoms with Crippen molar-refractivity contribution in [2.24, 2.45) is 23.2 Å². The molecule has 2 aromatic rings. The van der Waals surface area contributed by atoms with Crippen molar-refractivity contribution in [2.75, 3.05) is 7.11 Å². The summed E-state index contributed by atoms with van der Waals surface area (Å²) in [5.41, 5.74) is 2.18. The maximum absolute atomic E-state index is 13.5. The predicted molar refractivity (Wildman–Crippen MR) is 97.4 cm³/mol.